The van der Waals surface area contributed by atoms with E-state index in [0.717, 1.165) is 5.56 Å². The summed E-state index contributed by atoms with van der Waals surface area (Å²) in [5.41, 5.74) is 1.27. The van der Waals surface area contributed by atoms with Crippen LogP contribution in [0.3, 0.4) is 0 Å². The molecule has 5 nitrogen and oxygen atoms in total. The molecule has 0 aliphatic carbocycles. The summed E-state index contributed by atoms with van der Waals surface area (Å²) in [5.74, 6) is -0.271. The van der Waals surface area contributed by atoms with Crippen LogP contribution in [0.2, 0.25) is 0 Å². The van der Waals surface area contributed by atoms with Gasteiger partial charge in [0.05, 0.1) is 19.3 Å². The summed E-state index contributed by atoms with van der Waals surface area (Å²) in [6, 6.07) is 5.31. The average molecular weight is 280 g/mol. The molecule has 0 saturated carbocycles. The van der Waals surface area contributed by atoms with Gasteiger partial charge in [-0.1, -0.05) is 6.07 Å². The minimum absolute atomic E-state index is 0.105. The van der Waals surface area contributed by atoms with Crippen molar-refractivity contribution in [3.05, 3.63) is 29.3 Å². The van der Waals surface area contributed by atoms with Gasteiger partial charge in [-0.25, -0.2) is 4.79 Å². The predicted octanol–water partition coefficient (Wildman–Crippen LogP) is 2.31. The molecule has 0 radical (unpaired) electrons. The van der Waals surface area contributed by atoms with Crippen LogP contribution < -0.4 is 4.74 Å². The van der Waals surface area contributed by atoms with E-state index in [0.29, 0.717) is 24.5 Å². The SMILES string of the molecule is COC(=O)c1cccc(OCC2COC(C)(C)O2)c1C. The first-order valence-corrected chi connectivity index (χ1v) is 6.55. The van der Waals surface area contributed by atoms with Crippen LogP contribution in [-0.2, 0) is 14.2 Å². The number of ether oxygens (including phenoxy) is 4. The number of esters is 1. The van der Waals surface area contributed by atoms with Crippen molar-refractivity contribution in [1.82, 2.24) is 0 Å². The van der Waals surface area contributed by atoms with Gasteiger partial charge < -0.3 is 18.9 Å². The number of carbonyl (C=O) groups is 1. The third-order valence-electron chi connectivity index (χ3n) is 3.18. The summed E-state index contributed by atoms with van der Waals surface area (Å²) < 4.78 is 21.6. The molecule has 110 valence electrons. The lowest BCUT2D eigenvalue weighted by Gasteiger charge is -2.18. The van der Waals surface area contributed by atoms with Gasteiger partial charge in [0.25, 0.3) is 0 Å². The summed E-state index contributed by atoms with van der Waals surface area (Å²) in [6.45, 7) is 6.46. The maximum absolute atomic E-state index is 11.6. The van der Waals surface area contributed by atoms with E-state index in [4.69, 9.17) is 18.9 Å². The molecule has 1 unspecified atom stereocenters. The lowest BCUT2D eigenvalue weighted by Crippen LogP contribution is -2.25. The molecule has 0 spiro atoms. The molecule has 1 aliphatic heterocycles. The normalized spacial score (nSPS) is 20.7. The molecule has 5 heteroatoms. The standard InChI is InChI=1S/C15H20O5/c1-10-12(14(16)17-4)6-5-7-13(10)18-8-11-9-19-15(2,3)20-11/h5-7,11H,8-9H2,1-4H3. The van der Waals surface area contributed by atoms with Crippen molar-refractivity contribution in [1.29, 1.82) is 0 Å². The molecule has 0 aromatic heterocycles. The minimum atomic E-state index is -0.559. The molecule has 1 aromatic rings. The molecule has 1 fully saturated rings. The van der Waals surface area contributed by atoms with Crippen molar-refractivity contribution in [2.75, 3.05) is 20.3 Å². The third-order valence-corrected chi connectivity index (χ3v) is 3.18. The molecule has 20 heavy (non-hydrogen) atoms. The molecule has 1 aliphatic rings. The molecule has 0 amide bonds. The first kappa shape index (κ1) is 14.8. The van der Waals surface area contributed by atoms with E-state index in [2.05, 4.69) is 0 Å². The number of methoxy groups -OCH3 is 1. The molecule has 0 N–H and O–H groups in total. The Morgan fingerprint density at radius 3 is 2.80 bits per heavy atom. The third kappa shape index (κ3) is 3.29. The smallest absolute Gasteiger partial charge is 0.338 e. The monoisotopic (exact) mass is 280 g/mol. The Labute approximate surface area is 118 Å². The highest BCUT2D eigenvalue weighted by molar-refractivity contribution is 5.91. The largest absolute Gasteiger partial charge is 0.490 e. The molecule has 1 atom stereocenters. The zero-order valence-corrected chi connectivity index (χ0v) is 12.3. The molecule has 1 heterocycles. The van der Waals surface area contributed by atoms with Crippen molar-refractivity contribution < 1.29 is 23.7 Å². The molecule has 2 rings (SSSR count). The van der Waals surface area contributed by atoms with Gasteiger partial charge >= 0.3 is 5.97 Å². The maximum Gasteiger partial charge on any atom is 0.338 e. The fourth-order valence-electron chi connectivity index (χ4n) is 2.13. The van der Waals surface area contributed by atoms with Gasteiger partial charge in [0, 0.05) is 5.56 Å². The molecule has 1 saturated heterocycles. The lowest BCUT2D eigenvalue weighted by atomic mass is 10.1. The number of hydrogen-bond donors (Lipinski definition) is 0. The van der Waals surface area contributed by atoms with Gasteiger partial charge in [-0.15, -0.1) is 0 Å². The van der Waals surface area contributed by atoms with Crippen LogP contribution in [0.1, 0.15) is 29.8 Å². The maximum atomic E-state index is 11.6. The Kier molecular flexibility index (Phi) is 4.30. The lowest BCUT2D eigenvalue weighted by molar-refractivity contribution is -0.141. The Hall–Kier alpha value is -1.59. The highest BCUT2D eigenvalue weighted by Crippen LogP contribution is 2.25. The molecular formula is C15H20O5. The summed E-state index contributed by atoms with van der Waals surface area (Å²) in [5, 5.41) is 0. The van der Waals surface area contributed by atoms with Crippen LogP contribution in [0.4, 0.5) is 0 Å². The predicted molar refractivity (Wildman–Crippen MR) is 72.9 cm³/mol. The Morgan fingerprint density at radius 1 is 1.45 bits per heavy atom. The van der Waals surface area contributed by atoms with E-state index in [9.17, 15) is 4.79 Å². The fraction of sp³-hybridized carbons (Fsp3) is 0.533. The van der Waals surface area contributed by atoms with Crippen molar-refractivity contribution >= 4 is 5.97 Å². The van der Waals surface area contributed by atoms with Crippen LogP contribution in [0.15, 0.2) is 18.2 Å². The van der Waals surface area contributed by atoms with E-state index < -0.39 is 5.79 Å². The van der Waals surface area contributed by atoms with Crippen LogP contribution in [0, 0.1) is 6.92 Å². The summed E-state index contributed by atoms with van der Waals surface area (Å²) >= 11 is 0. The van der Waals surface area contributed by atoms with Crippen LogP contribution in [0.25, 0.3) is 0 Å². The fourth-order valence-corrected chi connectivity index (χ4v) is 2.13. The van der Waals surface area contributed by atoms with E-state index in [1.807, 2.05) is 26.8 Å². The van der Waals surface area contributed by atoms with Crippen molar-refractivity contribution in [3.8, 4) is 5.75 Å². The number of rotatable bonds is 4. The van der Waals surface area contributed by atoms with Crippen molar-refractivity contribution in [2.24, 2.45) is 0 Å². The molecule has 1 aromatic carbocycles. The van der Waals surface area contributed by atoms with Gasteiger partial charge in [-0.05, 0) is 32.9 Å². The molecular weight excluding hydrogens is 260 g/mol. The van der Waals surface area contributed by atoms with Crippen molar-refractivity contribution in [2.45, 2.75) is 32.7 Å². The summed E-state index contributed by atoms with van der Waals surface area (Å²) in [4.78, 5) is 11.6. The quantitative estimate of drug-likeness (QED) is 0.792. The van der Waals surface area contributed by atoms with E-state index in [-0.39, 0.29) is 12.1 Å². The average Bonchev–Trinajstić information content (AvgIpc) is 2.76. The zero-order chi connectivity index (χ0) is 14.8. The zero-order valence-electron chi connectivity index (χ0n) is 12.3. The number of hydrogen-bond acceptors (Lipinski definition) is 5. The topological polar surface area (TPSA) is 54.0 Å². The summed E-state index contributed by atoms with van der Waals surface area (Å²) in [7, 11) is 1.36. The highest BCUT2D eigenvalue weighted by atomic mass is 16.7. The number of benzene rings is 1. The first-order valence-electron chi connectivity index (χ1n) is 6.55. The van der Waals surface area contributed by atoms with Gasteiger partial charge in [-0.2, -0.15) is 0 Å². The van der Waals surface area contributed by atoms with E-state index in [1.165, 1.54) is 7.11 Å². The van der Waals surface area contributed by atoms with Gasteiger partial charge in [0.15, 0.2) is 5.79 Å². The van der Waals surface area contributed by atoms with Gasteiger partial charge in [0.1, 0.15) is 18.5 Å². The highest BCUT2D eigenvalue weighted by Gasteiger charge is 2.33. The van der Waals surface area contributed by atoms with Crippen molar-refractivity contribution in [3.63, 3.8) is 0 Å². The first-order chi connectivity index (χ1) is 9.43. The van der Waals surface area contributed by atoms with Crippen LogP contribution >= 0.6 is 0 Å². The minimum Gasteiger partial charge on any atom is -0.490 e. The van der Waals surface area contributed by atoms with E-state index in [1.54, 1.807) is 12.1 Å². The second-order valence-corrected chi connectivity index (χ2v) is 5.18. The molecule has 0 bridgehead atoms. The van der Waals surface area contributed by atoms with Gasteiger partial charge in [0.2, 0.25) is 0 Å². The van der Waals surface area contributed by atoms with E-state index >= 15 is 0 Å². The second kappa shape index (κ2) is 5.81. The Balaban J connectivity index is 2.02. The van der Waals surface area contributed by atoms with Crippen LogP contribution in [-0.4, -0.2) is 38.2 Å². The van der Waals surface area contributed by atoms with Crippen LogP contribution in [0.5, 0.6) is 5.75 Å². The van der Waals surface area contributed by atoms with Gasteiger partial charge in [-0.3, -0.25) is 0 Å². The number of carbonyl (C=O) groups excluding carboxylic acids is 1. The second-order valence-electron chi connectivity index (χ2n) is 5.18. The Morgan fingerprint density at radius 2 is 2.20 bits per heavy atom. The Bertz CT molecular complexity index is 495. The summed E-state index contributed by atoms with van der Waals surface area (Å²) in [6.07, 6.45) is -0.105.